The molecule has 2 heterocycles. The lowest BCUT2D eigenvalue weighted by molar-refractivity contribution is -0.120. The Bertz CT molecular complexity index is 732. The second-order valence-electron chi connectivity index (χ2n) is 6.73. The predicted octanol–water partition coefficient (Wildman–Crippen LogP) is 2.71. The van der Waals surface area contributed by atoms with Gasteiger partial charge in [-0.1, -0.05) is 0 Å². The summed E-state index contributed by atoms with van der Waals surface area (Å²) in [7, 11) is 4.02. The zero-order valence-electron chi connectivity index (χ0n) is 15.1. The summed E-state index contributed by atoms with van der Waals surface area (Å²) in [6.07, 6.45) is 6.99. The van der Waals surface area contributed by atoms with Gasteiger partial charge in [-0.15, -0.1) is 0 Å². The molecular weight excluding hydrogens is 314 g/mol. The number of piperidine rings is 1. The first kappa shape index (κ1) is 17.2. The van der Waals surface area contributed by atoms with Crippen LogP contribution in [-0.2, 0) is 4.79 Å². The largest absolute Gasteiger partial charge is 0.378 e. The maximum Gasteiger partial charge on any atom is 0.229 e. The van der Waals surface area contributed by atoms with E-state index in [-0.39, 0.29) is 11.8 Å². The fourth-order valence-electron chi connectivity index (χ4n) is 3.15. The highest BCUT2D eigenvalue weighted by Crippen LogP contribution is 2.25. The van der Waals surface area contributed by atoms with E-state index >= 15 is 0 Å². The molecule has 0 aliphatic carbocycles. The number of amides is 1. The van der Waals surface area contributed by atoms with Crippen molar-refractivity contribution in [3.63, 3.8) is 0 Å². The van der Waals surface area contributed by atoms with E-state index in [0.717, 1.165) is 42.1 Å². The Morgan fingerprint density at radius 3 is 2.84 bits per heavy atom. The highest BCUT2D eigenvalue weighted by Gasteiger charge is 2.27. The molecule has 1 amide bonds. The Morgan fingerprint density at radius 2 is 2.16 bits per heavy atom. The molecule has 1 atom stereocenters. The summed E-state index contributed by atoms with van der Waals surface area (Å²) in [6.45, 7) is 3.62. The minimum atomic E-state index is -0.0383. The fraction of sp³-hybridized carbons (Fsp3) is 0.421. The molecule has 6 heteroatoms. The van der Waals surface area contributed by atoms with E-state index in [9.17, 15) is 4.79 Å². The van der Waals surface area contributed by atoms with E-state index in [0.29, 0.717) is 6.54 Å². The summed E-state index contributed by atoms with van der Waals surface area (Å²) >= 11 is 0. The molecule has 1 fully saturated rings. The average Bonchev–Trinajstić information content (AvgIpc) is 2.64. The summed E-state index contributed by atoms with van der Waals surface area (Å²) < 4.78 is 0. The van der Waals surface area contributed by atoms with Crippen molar-refractivity contribution >= 4 is 23.1 Å². The quantitative estimate of drug-likeness (QED) is 0.928. The van der Waals surface area contributed by atoms with Crippen LogP contribution in [0, 0.1) is 12.8 Å². The van der Waals surface area contributed by atoms with Gasteiger partial charge in [-0.3, -0.25) is 9.78 Å². The number of aryl methyl sites for hydroxylation is 1. The van der Waals surface area contributed by atoms with Gasteiger partial charge in [0.05, 0.1) is 12.1 Å². The van der Waals surface area contributed by atoms with Crippen LogP contribution in [0.15, 0.2) is 36.8 Å². The lowest BCUT2D eigenvalue weighted by Gasteiger charge is -2.32. The number of carbonyl (C=O) groups excluding carboxylic acids is 1. The Labute approximate surface area is 148 Å². The van der Waals surface area contributed by atoms with Crippen LogP contribution in [0.2, 0.25) is 0 Å². The molecule has 25 heavy (non-hydrogen) atoms. The van der Waals surface area contributed by atoms with Crippen LogP contribution in [0.4, 0.5) is 17.2 Å². The van der Waals surface area contributed by atoms with Gasteiger partial charge in [0.15, 0.2) is 0 Å². The van der Waals surface area contributed by atoms with Gasteiger partial charge in [0.2, 0.25) is 5.91 Å². The topological polar surface area (TPSA) is 61.4 Å². The number of anilines is 3. The zero-order chi connectivity index (χ0) is 17.8. The highest BCUT2D eigenvalue weighted by atomic mass is 16.1. The van der Waals surface area contributed by atoms with Gasteiger partial charge in [-0.25, -0.2) is 4.98 Å². The van der Waals surface area contributed by atoms with Crippen molar-refractivity contribution < 1.29 is 4.79 Å². The molecular formula is C19H25N5O. The van der Waals surface area contributed by atoms with Crippen LogP contribution < -0.4 is 15.1 Å². The number of nitrogens with one attached hydrogen (secondary N) is 1. The van der Waals surface area contributed by atoms with Crippen LogP contribution in [0.5, 0.6) is 0 Å². The maximum atomic E-state index is 12.7. The van der Waals surface area contributed by atoms with Gasteiger partial charge in [0.1, 0.15) is 5.82 Å². The molecule has 3 rings (SSSR count). The summed E-state index contributed by atoms with van der Waals surface area (Å²) in [5, 5.41) is 3.10. The second-order valence-corrected chi connectivity index (χ2v) is 6.73. The SMILES string of the molecule is Cc1cc(N(C)C)ccc1NC(=O)C1CCCN(c2cnccn2)C1. The smallest absolute Gasteiger partial charge is 0.229 e. The van der Waals surface area contributed by atoms with Gasteiger partial charge >= 0.3 is 0 Å². The van der Waals surface area contributed by atoms with Crippen LogP contribution >= 0.6 is 0 Å². The van der Waals surface area contributed by atoms with Crippen molar-refractivity contribution in [1.29, 1.82) is 0 Å². The average molecular weight is 339 g/mol. The van der Waals surface area contributed by atoms with Crippen molar-refractivity contribution in [2.75, 3.05) is 42.3 Å². The van der Waals surface area contributed by atoms with Crippen molar-refractivity contribution in [3.8, 4) is 0 Å². The van der Waals surface area contributed by atoms with Crippen LogP contribution in [0.25, 0.3) is 0 Å². The van der Waals surface area contributed by atoms with Crippen molar-refractivity contribution in [3.05, 3.63) is 42.4 Å². The van der Waals surface area contributed by atoms with Gasteiger partial charge in [0.25, 0.3) is 0 Å². The van der Waals surface area contributed by atoms with E-state index in [1.165, 1.54) is 0 Å². The third kappa shape index (κ3) is 4.07. The van der Waals surface area contributed by atoms with Crippen LogP contribution in [0.3, 0.4) is 0 Å². The molecule has 0 bridgehead atoms. The normalized spacial score (nSPS) is 17.2. The Morgan fingerprint density at radius 1 is 1.32 bits per heavy atom. The minimum absolute atomic E-state index is 0.0383. The number of rotatable bonds is 4. The highest BCUT2D eigenvalue weighted by molar-refractivity contribution is 5.94. The lowest BCUT2D eigenvalue weighted by atomic mass is 9.97. The Hall–Kier alpha value is -2.63. The van der Waals surface area contributed by atoms with E-state index < -0.39 is 0 Å². The van der Waals surface area contributed by atoms with Crippen LogP contribution in [0.1, 0.15) is 18.4 Å². The molecule has 1 aromatic heterocycles. The lowest BCUT2D eigenvalue weighted by Crippen LogP contribution is -2.41. The van der Waals surface area contributed by atoms with Crippen molar-refractivity contribution in [2.45, 2.75) is 19.8 Å². The maximum absolute atomic E-state index is 12.7. The summed E-state index contributed by atoms with van der Waals surface area (Å²) in [5.74, 6) is 0.879. The summed E-state index contributed by atoms with van der Waals surface area (Å²) in [5.41, 5.74) is 3.08. The molecule has 2 aromatic rings. The molecule has 1 N–H and O–H groups in total. The third-order valence-electron chi connectivity index (χ3n) is 4.65. The molecule has 1 saturated heterocycles. The number of nitrogens with zero attached hydrogens (tertiary/aromatic N) is 4. The number of hydrogen-bond donors (Lipinski definition) is 1. The number of benzene rings is 1. The fourth-order valence-corrected chi connectivity index (χ4v) is 3.15. The van der Waals surface area contributed by atoms with E-state index in [4.69, 9.17) is 0 Å². The van der Waals surface area contributed by atoms with Crippen molar-refractivity contribution in [1.82, 2.24) is 9.97 Å². The van der Waals surface area contributed by atoms with E-state index in [2.05, 4.69) is 31.2 Å². The number of hydrogen-bond acceptors (Lipinski definition) is 5. The first-order chi connectivity index (χ1) is 12.0. The monoisotopic (exact) mass is 339 g/mol. The molecule has 1 aliphatic rings. The van der Waals surface area contributed by atoms with Gasteiger partial charge in [0, 0.05) is 51.0 Å². The molecule has 1 aliphatic heterocycles. The number of aromatic nitrogens is 2. The first-order valence-electron chi connectivity index (χ1n) is 8.64. The molecule has 1 aromatic carbocycles. The van der Waals surface area contributed by atoms with Crippen LogP contribution in [-0.4, -0.2) is 43.1 Å². The zero-order valence-corrected chi connectivity index (χ0v) is 15.1. The number of carbonyl (C=O) groups is 1. The summed E-state index contributed by atoms with van der Waals surface area (Å²) in [6, 6.07) is 6.09. The van der Waals surface area contributed by atoms with E-state index in [1.54, 1.807) is 18.6 Å². The summed E-state index contributed by atoms with van der Waals surface area (Å²) in [4.78, 5) is 25.4. The molecule has 0 spiro atoms. The Balaban J connectivity index is 1.67. The van der Waals surface area contributed by atoms with Gasteiger partial charge in [-0.05, 0) is 43.5 Å². The van der Waals surface area contributed by atoms with E-state index in [1.807, 2.05) is 33.2 Å². The van der Waals surface area contributed by atoms with Crippen molar-refractivity contribution in [2.24, 2.45) is 5.92 Å². The molecule has 132 valence electrons. The molecule has 0 saturated carbocycles. The molecule has 6 nitrogen and oxygen atoms in total. The standard InChI is InChI=1S/C19H25N5O/c1-14-11-16(23(2)3)6-7-17(14)22-19(25)15-5-4-10-24(13-15)18-12-20-8-9-21-18/h6-9,11-12,15H,4-5,10,13H2,1-3H3,(H,22,25). The molecule has 1 unspecified atom stereocenters. The molecule has 0 radical (unpaired) electrons. The first-order valence-corrected chi connectivity index (χ1v) is 8.64. The van der Waals surface area contributed by atoms with Gasteiger partial charge < -0.3 is 15.1 Å². The Kier molecular flexibility index (Phi) is 5.16. The third-order valence-corrected chi connectivity index (χ3v) is 4.65. The minimum Gasteiger partial charge on any atom is -0.378 e. The van der Waals surface area contributed by atoms with Gasteiger partial charge in [-0.2, -0.15) is 0 Å². The predicted molar refractivity (Wildman–Crippen MR) is 101 cm³/mol. The second kappa shape index (κ2) is 7.51.